The van der Waals surface area contributed by atoms with Crippen LogP contribution in [0.4, 0.5) is 0 Å². The fourth-order valence-electron chi connectivity index (χ4n) is 0.875. The highest BCUT2D eigenvalue weighted by Crippen LogP contribution is 1.93. The van der Waals surface area contributed by atoms with Gasteiger partial charge in [-0.2, -0.15) is 21.8 Å². The van der Waals surface area contributed by atoms with Crippen molar-refractivity contribution in [1.29, 1.82) is 0 Å². The van der Waals surface area contributed by atoms with Gasteiger partial charge in [0.05, 0.1) is 0 Å². The molecule has 14 heavy (non-hydrogen) atoms. The van der Waals surface area contributed by atoms with Crippen molar-refractivity contribution in [1.82, 2.24) is 19.6 Å². The third kappa shape index (κ3) is 3.33. The highest BCUT2D eigenvalue weighted by molar-refractivity contribution is 7.99. The Morgan fingerprint density at radius 2 is 2.07 bits per heavy atom. The molecule has 0 aliphatic rings. The van der Waals surface area contributed by atoms with Gasteiger partial charge < -0.3 is 0 Å². The maximum atomic E-state index is 3.93. The van der Waals surface area contributed by atoms with E-state index < -0.39 is 0 Å². The summed E-state index contributed by atoms with van der Waals surface area (Å²) >= 11 is 1.96. The molecule has 0 unspecified atom stereocenters. The first-order valence-electron chi connectivity index (χ1n) is 4.56. The highest BCUT2D eigenvalue weighted by Gasteiger charge is 1.88. The zero-order valence-corrected chi connectivity index (χ0v) is 9.24. The molecular formula is C9H14N4S. The SMILES string of the molecule is CCSCC.c1cnc2ncnn2c1. The number of nitrogens with zero attached hydrogens (tertiary/aromatic N) is 4. The molecule has 0 aliphatic carbocycles. The molecule has 0 aliphatic heterocycles. The summed E-state index contributed by atoms with van der Waals surface area (Å²) in [4.78, 5) is 7.79. The minimum Gasteiger partial charge on any atom is -0.220 e. The minimum atomic E-state index is 0.637. The van der Waals surface area contributed by atoms with Crippen molar-refractivity contribution in [2.75, 3.05) is 11.5 Å². The van der Waals surface area contributed by atoms with Gasteiger partial charge in [-0.3, -0.25) is 0 Å². The molecule has 0 saturated heterocycles. The smallest absolute Gasteiger partial charge is 0.220 e. The fourth-order valence-corrected chi connectivity index (χ4v) is 1.28. The van der Waals surface area contributed by atoms with Gasteiger partial charge in [-0.15, -0.1) is 0 Å². The molecule has 0 atom stereocenters. The molecule has 0 N–H and O–H groups in total. The van der Waals surface area contributed by atoms with Crippen molar-refractivity contribution in [3.8, 4) is 0 Å². The van der Waals surface area contributed by atoms with Crippen LogP contribution in [0.5, 0.6) is 0 Å². The van der Waals surface area contributed by atoms with Gasteiger partial charge in [-0.25, -0.2) is 9.50 Å². The predicted octanol–water partition coefficient (Wildman–Crippen LogP) is 1.88. The van der Waals surface area contributed by atoms with E-state index in [0.717, 1.165) is 0 Å². The van der Waals surface area contributed by atoms with Crippen LogP contribution >= 0.6 is 11.8 Å². The third-order valence-electron chi connectivity index (χ3n) is 1.47. The van der Waals surface area contributed by atoms with Gasteiger partial charge in [0.2, 0.25) is 0 Å². The number of aromatic nitrogens is 4. The van der Waals surface area contributed by atoms with Crippen molar-refractivity contribution in [3.05, 3.63) is 24.8 Å². The van der Waals surface area contributed by atoms with Gasteiger partial charge in [-0.1, -0.05) is 13.8 Å². The first kappa shape index (κ1) is 11.0. The summed E-state index contributed by atoms with van der Waals surface area (Å²) in [5.41, 5.74) is 0. The lowest BCUT2D eigenvalue weighted by atomic mass is 10.7. The topological polar surface area (TPSA) is 43.1 Å². The van der Waals surface area contributed by atoms with Crippen molar-refractivity contribution in [2.24, 2.45) is 0 Å². The van der Waals surface area contributed by atoms with Crippen LogP contribution in [0, 0.1) is 0 Å². The van der Waals surface area contributed by atoms with E-state index in [0.29, 0.717) is 5.78 Å². The summed E-state index contributed by atoms with van der Waals surface area (Å²) in [6.45, 7) is 4.35. The van der Waals surface area contributed by atoms with Crippen LogP contribution in [-0.4, -0.2) is 31.1 Å². The lowest BCUT2D eigenvalue weighted by Crippen LogP contribution is -1.86. The average Bonchev–Trinajstić information content (AvgIpc) is 2.67. The summed E-state index contributed by atoms with van der Waals surface area (Å²) in [7, 11) is 0. The van der Waals surface area contributed by atoms with E-state index in [-0.39, 0.29) is 0 Å². The first-order chi connectivity index (χ1) is 6.88. The third-order valence-corrected chi connectivity index (χ3v) is 2.28. The van der Waals surface area contributed by atoms with Crippen molar-refractivity contribution in [2.45, 2.75) is 13.8 Å². The second kappa shape index (κ2) is 6.37. The molecule has 0 saturated carbocycles. The molecule has 2 aromatic heterocycles. The molecule has 2 rings (SSSR count). The van der Waals surface area contributed by atoms with Gasteiger partial charge in [0.1, 0.15) is 6.33 Å². The second-order valence-corrected chi connectivity index (χ2v) is 3.97. The molecule has 0 radical (unpaired) electrons. The van der Waals surface area contributed by atoms with Crippen LogP contribution in [-0.2, 0) is 0 Å². The van der Waals surface area contributed by atoms with E-state index in [2.05, 4.69) is 28.9 Å². The molecular weight excluding hydrogens is 196 g/mol. The molecule has 76 valence electrons. The van der Waals surface area contributed by atoms with E-state index >= 15 is 0 Å². The first-order valence-corrected chi connectivity index (χ1v) is 5.72. The Morgan fingerprint density at radius 3 is 2.64 bits per heavy atom. The molecule has 5 heteroatoms. The number of thioether (sulfide) groups is 1. The maximum Gasteiger partial charge on any atom is 0.252 e. The highest BCUT2D eigenvalue weighted by atomic mass is 32.2. The van der Waals surface area contributed by atoms with Crippen LogP contribution in [0.1, 0.15) is 13.8 Å². The molecule has 0 spiro atoms. The Labute approximate surface area is 87.8 Å². The monoisotopic (exact) mass is 210 g/mol. The molecule has 2 heterocycles. The summed E-state index contributed by atoms with van der Waals surface area (Å²) in [5, 5.41) is 3.86. The van der Waals surface area contributed by atoms with Gasteiger partial charge in [0, 0.05) is 12.4 Å². The van der Waals surface area contributed by atoms with E-state index in [1.807, 2.05) is 17.8 Å². The zero-order valence-electron chi connectivity index (χ0n) is 8.42. The molecule has 4 nitrogen and oxygen atoms in total. The minimum absolute atomic E-state index is 0.637. The van der Waals surface area contributed by atoms with Crippen LogP contribution in [0.3, 0.4) is 0 Å². The summed E-state index contributed by atoms with van der Waals surface area (Å²) in [6.07, 6.45) is 4.96. The lowest BCUT2D eigenvalue weighted by molar-refractivity contribution is 0.939. The molecule has 0 fully saturated rings. The zero-order chi connectivity index (χ0) is 10.2. The van der Waals surface area contributed by atoms with Crippen LogP contribution < -0.4 is 0 Å². The Hall–Kier alpha value is -1.10. The average molecular weight is 210 g/mol. The van der Waals surface area contributed by atoms with Crippen molar-refractivity contribution >= 4 is 17.5 Å². The second-order valence-electron chi connectivity index (χ2n) is 2.41. The van der Waals surface area contributed by atoms with Gasteiger partial charge in [-0.05, 0) is 17.6 Å². The van der Waals surface area contributed by atoms with E-state index in [1.54, 1.807) is 16.9 Å². The lowest BCUT2D eigenvalue weighted by Gasteiger charge is -1.83. The fraction of sp³-hybridized carbons (Fsp3) is 0.444. The van der Waals surface area contributed by atoms with Gasteiger partial charge >= 0.3 is 0 Å². The normalized spacial score (nSPS) is 9.57. The predicted molar refractivity (Wildman–Crippen MR) is 59.5 cm³/mol. The number of fused-ring (bicyclic) bond motifs is 1. The Balaban J connectivity index is 0.000000171. The Bertz CT molecular complexity index is 328. The van der Waals surface area contributed by atoms with Crippen LogP contribution in [0.25, 0.3) is 5.78 Å². The van der Waals surface area contributed by atoms with Crippen molar-refractivity contribution in [3.63, 3.8) is 0 Å². The molecule has 0 aromatic carbocycles. The number of hydrogen-bond acceptors (Lipinski definition) is 4. The molecule has 0 amide bonds. The maximum absolute atomic E-state index is 3.93. The van der Waals surface area contributed by atoms with Crippen LogP contribution in [0.2, 0.25) is 0 Å². The number of hydrogen-bond donors (Lipinski definition) is 0. The van der Waals surface area contributed by atoms with E-state index in [4.69, 9.17) is 0 Å². The van der Waals surface area contributed by atoms with E-state index in [9.17, 15) is 0 Å². The van der Waals surface area contributed by atoms with Gasteiger partial charge in [0.25, 0.3) is 5.78 Å². The largest absolute Gasteiger partial charge is 0.252 e. The van der Waals surface area contributed by atoms with Crippen LogP contribution in [0.15, 0.2) is 24.8 Å². The van der Waals surface area contributed by atoms with E-state index in [1.165, 1.54) is 17.8 Å². The van der Waals surface area contributed by atoms with Crippen molar-refractivity contribution < 1.29 is 0 Å². The molecule has 2 aromatic rings. The summed E-state index contributed by atoms with van der Waals surface area (Å²) in [5.74, 6) is 3.16. The van der Waals surface area contributed by atoms with Gasteiger partial charge in [0.15, 0.2) is 0 Å². The Morgan fingerprint density at radius 1 is 1.29 bits per heavy atom. The molecule has 0 bridgehead atoms. The standard InChI is InChI=1S/C5H4N4.C4H10S/c1-2-6-5-7-4-8-9(5)3-1;1-3-5-4-2/h1-4H;3-4H2,1-2H3. The quantitative estimate of drug-likeness (QED) is 0.759. The summed E-state index contributed by atoms with van der Waals surface area (Å²) in [6, 6.07) is 1.81. The number of rotatable bonds is 2. The summed E-state index contributed by atoms with van der Waals surface area (Å²) < 4.78 is 1.61. The Kier molecular flexibility index (Phi) is 4.99.